The van der Waals surface area contributed by atoms with Gasteiger partial charge in [-0.15, -0.1) is 0 Å². The third kappa shape index (κ3) is 61.3. The fourth-order valence-corrected chi connectivity index (χ4v) is 16.2. The molecule has 0 rings (SSSR count). The second-order valence-electron chi connectivity index (χ2n) is 20.5. The number of guanidine groups is 1. The van der Waals surface area contributed by atoms with Crippen LogP contribution in [0.5, 0.6) is 0 Å². The van der Waals surface area contributed by atoms with Crippen molar-refractivity contribution >= 4 is 116 Å². The van der Waals surface area contributed by atoms with Gasteiger partial charge >= 0.3 is 17.9 Å². The first-order valence-corrected chi connectivity index (χ1v) is 41.7. The van der Waals surface area contributed by atoms with Gasteiger partial charge < -0.3 is 40.2 Å². The second kappa shape index (κ2) is 66.6. The Bertz CT molecular complexity index is 1490. The van der Waals surface area contributed by atoms with Crippen LogP contribution in [-0.2, 0) is 38.1 Å². The molecule has 0 radical (unpaired) electrons. The molecule has 0 atom stereocenters. The highest BCUT2D eigenvalue weighted by atomic mass is 33.1. The molecule has 0 fully saturated rings. The Morgan fingerprint density at radius 1 is 0.354 bits per heavy atom. The monoisotopic (exact) mass is 1300 g/mol. The van der Waals surface area contributed by atoms with Crippen molar-refractivity contribution in [2.24, 2.45) is 16.5 Å². The van der Waals surface area contributed by atoms with Crippen LogP contribution >= 0.6 is 86.4 Å². The van der Waals surface area contributed by atoms with E-state index >= 15 is 0 Å². The van der Waals surface area contributed by atoms with Crippen molar-refractivity contribution in [1.82, 2.24) is 14.7 Å². The zero-order valence-corrected chi connectivity index (χ0v) is 58.4. The molecule has 0 saturated carbocycles. The normalized spacial score (nSPS) is 11.4. The number of nitrogens with two attached hydrogens (primary N) is 2. The number of hydrogen-bond donors (Lipinski definition) is 2. The van der Waals surface area contributed by atoms with Gasteiger partial charge in [0, 0.05) is 111 Å². The maximum absolute atomic E-state index is 13.1. The van der Waals surface area contributed by atoms with E-state index in [-0.39, 0.29) is 48.9 Å². The Morgan fingerprint density at radius 3 is 0.927 bits per heavy atom. The van der Waals surface area contributed by atoms with E-state index in [0.29, 0.717) is 98.3 Å². The minimum absolute atomic E-state index is 0.0149. The average Bonchev–Trinajstić information content (AvgIpc) is 3.47. The van der Waals surface area contributed by atoms with Gasteiger partial charge in [-0.3, -0.25) is 24.3 Å². The zero-order valence-electron chi connectivity index (χ0n) is 51.8. The Balaban J connectivity index is 5.72. The molecular weight excluding hydrogens is 1190 g/mol. The summed E-state index contributed by atoms with van der Waals surface area (Å²) >= 11 is 0. The molecule has 0 aromatic carbocycles. The van der Waals surface area contributed by atoms with E-state index in [1.165, 1.54) is 154 Å². The quantitative estimate of drug-likeness (QED) is 0.00857. The summed E-state index contributed by atoms with van der Waals surface area (Å²) in [5, 5.41) is 0. The molecule has 22 heteroatoms. The molecule has 0 aliphatic carbocycles. The first kappa shape index (κ1) is 81.6. The number of hydrogen-bond acceptors (Lipinski definition) is 20. The first-order valence-electron chi connectivity index (χ1n) is 31.7. The van der Waals surface area contributed by atoms with Crippen LogP contribution in [0.1, 0.15) is 207 Å². The fourth-order valence-electron chi connectivity index (χ4n) is 8.27. The lowest BCUT2D eigenvalue weighted by molar-refractivity contribution is -0.144. The number of ether oxygens (including phenoxy) is 4. The fraction of sp³-hybridized carbons (Fsp3) is 0.900. The third-order valence-corrected chi connectivity index (χ3v) is 23.1. The van der Waals surface area contributed by atoms with Gasteiger partial charge in [0.1, 0.15) is 19.8 Å². The maximum atomic E-state index is 13.1. The predicted molar refractivity (Wildman–Crippen MR) is 370 cm³/mol. The summed E-state index contributed by atoms with van der Waals surface area (Å²) in [4.78, 5) is 62.2. The third-order valence-electron chi connectivity index (χ3n) is 13.2. The van der Waals surface area contributed by atoms with Crippen molar-refractivity contribution in [1.29, 1.82) is 0 Å². The molecule has 0 aromatic heterocycles. The standard InChI is InChI=1S/C60H116N6O8S8/c1-5-9-13-17-21-25-47-75-79-51-43-71-56(55-67)29-34-64(35-30-57(68)72-44-52-80-76-48-26-22-18-14-10-6-2)39-41-66(38-33-63-60(61)62)42-40-65(36-31-58(69)73-45-53-81-77-49-27-23-19-15-11-7-3)37-32-59(70)74-46-54-82-78-50-28-24-20-16-12-8-4/h5-54H2,1-4H3,(H4,61,62,63). The van der Waals surface area contributed by atoms with Crippen LogP contribution in [0.3, 0.4) is 0 Å². The molecule has 4 N–H and O–H groups in total. The molecule has 482 valence electrons. The van der Waals surface area contributed by atoms with E-state index in [2.05, 4.69) is 47.4 Å². The number of carbonyl (C=O) groups excluding carboxylic acids is 4. The number of unbranched alkanes of at least 4 members (excludes halogenated alkanes) is 20. The molecular formula is C60H116N6O8S8. The molecule has 0 amide bonds. The van der Waals surface area contributed by atoms with Gasteiger partial charge in [0.25, 0.3) is 0 Å². The van der Waals surface area contributed by atoms with E-state index in [0.717, 1.165) is 46.0 Å². The van der Waals surface area contributed by atoms with Crippen molar-refractivity contribution in [3.05, 3.63) is 5.76 Å². The van der Waals surface area contributed by atoms with Crippen LogP contribution in [0, 0.1) is 0 Å². The predicted octanol–water partition coefficient (Wildman–Crippen LogP) is 15.1. The summed E-state index contributed by atoms with van der Waals surface area (Å²) in [6.07, 6.45) is 31.7. The van der Waals surface area contributed by atoms with E-state index in [4.69, 9.17) is 30.4 Å². The topological polar surface area (TPSA) is 179 Å². The summed E-state index contributed by atoms with van der Waals surface area (Å²) < 4.78 is 22.9. The summed E-state index contributed by atoms with van der Waals surface area (Å²) in [7, 11) is 14.5. The SMILES string of the molecule is CCCCCCCCSSCCOC(=O)CCN(CCC(=O)OCCSSCCCCCCCC)CCN(CCN=C(N)N)CCN(CCC(=O)OCCSSCCCCCCCC)CCC(=C=O)OCCSSCCCCCCCC. The van der Waals surface area contributed by atoms with Crippen molar-refractivity contribution in [3.8, 4) is 0 Å². The van der Waals surface area contributed by atoms with Crippen LogP contribution in [0.25, 0.3) is 0 Å². The summed E-state index contributed by atoms with van der Waals surface area (Å²) in [6.45, 7) is 15.6. The zero-order chi connectivity index (χ0) is 59.9. The van der Waals surface area contributed by atoms with Gasteiger partial charge in [-0.05, 0) is 25.7 Å². The molecule has 0 unspecified atom stereocenters. The largest absolute Gasteiger partial charge is 0.486 e. The number of esters is 3. The molecule has 0 saturated heterocycles. The van der Waals surface area contributed by atoms with Crippen LogP contribution < -0.4 is 11.5 Å². The highest BCUT2D eigenvalue weighted by molar-refractivity contribution is 8.77. The van der Waals surface area contributed by atoms with Gasteiger partial charge in [0.2, 0.25) is 0 Å². The number of aliphatic imine (C=N–C) groups is 1. The molecule has 0 aliphatic rings. The minimum atomic E-state index is -0.252. The van der Waals surface area contributed by atoms with E-state index < -0.39 is 0 Å². The Labute approximate surface area is 532 Å². The Kier molecular flexibility index (Phi) is 66.2. The smallest absolute Gasteiger partial charge is 0.307 e. The van der Waals surface area contributed by atoms with E-state index in [1.54, 1.807) is 43.2 Å². The molecule has 0 aliphatic heterocycles. The molecule has 0 spiro atoms. The minimum Gasteiger partial charge on any atom is -0.486 e. The van der Waals surface area contributed by atoms with Gasteiger partial charge in [-0.1, -0.05) is 242 Å². The van der Waals surface area contributed by atoms with Crippen LogP contribution in [0.2, 0.25) is 0 Å². The first-order chi connectivity index (χ1) is 40.2. The molecule has 14 nitrogen and oxygen atoms in total. The van der Waals surface area contributed by atoms with Crippen molar-refractivity contribution in [3.63, 3.8) is 0 Å². The van der Waals surface area contributed by atoms with Crippen molar-refractivity contribution in [2.75, 3.05) is 138 Å². The Hall–Kier alpha value is -0.390. The van der Waals surface area contributed by atoms with Gasteiger partial charge in [-0.25, -0.2) is 4.79 Å². The maximum Gasteiger partial charge on any atom is 0.307 e. The van der Waals surface area contributed by atoms with Crippen LogP contribution in [0.4, 0.5) is 0 Å². The lowest BCUT2D eigenvalue weighted by Gasteiger charge is -2.30. The van der Waals surface area contributed by atoms with Crippen molar-refractivity contribution < 1.29 is 38.1 Å². The number of rotatable bonds is 66. The van der Waals surface area contributed by atoms with Crippen LogP contribution in [-0.4, -0.2) is 182 Å². The van der Waals surface area contributed by atoms with Gasteiger partial charge in [-0.2, -0.15) is 0 Å². The lowest BCUT2D eigenvalue weighted by Crippen LogP contribution is -2.42. The van der Waals surface area contributed by atoms with Gasteiger partial charge in [0.15, 0.2) is 17.7 Å². The lowest BCUT2D eigenvalue weighted by atomic mass is 10.1. The summed E-state index contributed by atoms with van der Waals surface area (Å²) in [5.74, 6) is 9.04. The van der Waals surface area contributed by atoms with Crippen LogP contribution in [0.15, 0.2) is 10.8 Å². The number of carbonyl (C=O) groups is 3. The van der Waals surface area contributed by atoms with Gasteiger partial charge in [0.05, 0.1) is 32.4 Å². The average molecular weight is 1310 g/mol. The van der Waals surface area contributed by atoms with E-state index in [1.807, 2.05) is 49.1 Å². The molecule has 0 aromatic rings. The highest BCUT2D eigenvalue weighted by Crippen LogP contribution is 2.26. The van der Waals surface area contributed by atoms with Crippen molar-refractivity contribution in [2.45, 2.75) is 207 Å². The van der Waals surface area contributed by atoms with E-state index in [9.17, 15) is 19.2 Å². The highest BCUT2D eigenvalue weighted by Gasteiger charge is 2.18. The Morgan fingerprint density at radius 2 is 0.622 bits per heavy atom. The second-order valence-corrected chi connectivity index (χ2v) is 31.3. The summed E-state index contributed by atoms with van der Waals surface area (Å²) in [5.41, 5.74) is 11.5. The summed E-state index contributed by atoms with van der Waals surface area (Å²) in [6, 6.07) is 0. The molecule has 0 heterocycles. The molecule has 82 heavy (non-hydrogen) atoms. The number of nitrogens with zero attached hydrogens (tertiary/aromatic N) is 4. The molecule has 0 bridgehead atoms.